The standard InChI is InChI=1S/C12H21N/c1-10(2)12-6-8-13(9-12)7-5-11-3-4-11/h6,10-11H,3-5,7-9H2,1-2H3. The Morgan fingerprint density at radius 1 is 1.46 bits per heavy atom. The van der Waals surface area contributed by atoms with Gasteiger partial charge in [-0.1, -0.05) is 38.3 Å². The zero-order chi connectivity index (χ0) is 9.26. The second-order valence-corrected chi connectivity index (χ2v) is 4.90. The van der Waals surface area contributed by atoms with Crippen LogP contribution in [0.25, 0.3) is 0 Å². The molecule has 0 unspecified atom stereocenters. The smallest absolute Gasteiger partial charge is 0.0199 e. The molecule has 74 valence electrons. The van der Waals surface area contributed by atoms with E-state index >= 15 is 0 Å². The molecule has 0 bridgehead atoms. The van der Waals surface area contributed by atoms with Gasteiger partial charge >= 0.3 is 0 Å². The van der Waals surface area contributed by atoms with Crippen LogP contribution < -0.4 is 0 Å². The molecule has 1 nitrogen and oxygen atoms in total. The van der Waals surface area contributed by atoms with Crippen LogP contribution in [0.3, 0.4) is 0 Å². The highest BCUT2D eigenvalue weighted by atomic mass is 15.1. The lowest BCUT2D eigenvalue weighted by atomic mass is 10.1. The first-order valence-corrected chi connectivity index (χ1v) is 5.67. The molecule has 1 aliphatic heterocycles. The molecule has 1 saturated carbocycles. The summed E-state index contributed by atoms with van der Waals surface area (Å²) in [6.45, 7) is 8.38. The number of nitrogens with zero attached hydrogens (tertiary/aromatic N) is 1. The van der Waals surface area contributed by atoms with Crippen LogP contribution in [-0.2, 0) is 0 Å². The van der Waals surface area contributed by atoms with E-state index in [1.807, 2.05) is 0 Å². The van der Waals surface area contributed by atoms with Gasteiger partial charge in [0.1, 0.15) is 0 Å². The summed E-state index contributed by atoms with van der Waals surface area (Å²) >= 11 is 0. The van der Waals surface area contributed by atoms with Crippen LogP contribution in [0.2, 0.25) is 0 Å². The lowest BCUT2D eigenvalue weighted by Gasteiger charge is -2.16. The van der Waals surface area contributed by atoms with Crippen molar-refractivity contribution in [3.63, 3.8) is 0 Å². The molecule has 0 spiro atoms. The van der Waals surface area contributed by atoms with Crippen LogP contribution in [0.4, 0.5) is 0 Å². The Morgan fingerprint density at radius 3 is 2.77 bits per heavy atom. The van der Waals surface area contributed by atoms with Crippen LogP contribution in [0.5, 0.6) is 0 Å². The van der Waals surface area contributed by atoms with Crippen LogP contribution in [0, 0.1) is 11.8 Å². The maximum atomic E-state index is 2.59. The molecule has 0 aromatic carbocycles. The highest BCUT2D eigenvalue weighted by molar-refractivity contribution is 5.13. The molecule has 0 atom stereocenters. The molecule has 2 aliphatic rings. The fourth-order valence-corrected chi connectivity index (χ4v) is 1.99. The Hall–Kier alpha value is -0.300. The van der Waals surface area contributed by atoms with Gasteiger partial charge in [0.25, 0.3) is 0 Å². The summed E-state index contributed by atoms with van der Waals surface area (Å²) < 4.78 is 0. The van der Waals surface area contributed by atoms with Crippen molar-refractivity contribution in [2.75, 3.05) is 19.6 Å². The predicted molar refractivity (Wildman–Crippen MR) is 56.7 cm³/mol. The summed E-state index contributed by atoms with van der Waals surface area (Å²) in [5.74, 6) is 1.84. The molecule has 0 saturated heterocycles. The molecular formula is C12H21N. The summed E-state index contributed by atoms with van der Waals surface area (Å²) in [5, 5.41) is 0. The van der Waals surface area contributed by atoms with Crippen LogP contribution >= 0.6 is 0 Å². The van der Waals surface area contributed by atoms with E-state index in [4.69, 9.17) is 0 Å². The van der Waals surface area contributed by atoms with Gasteiger partial charge in [0.2, 0.25) is 0 Å². The zero-order valence-corrected chi connectivity index (χ0v) is 8.92. The molecular weight excluding hydrogens is 158 g/mol. The van der Waals surface area contributed by atoms with Crippen molar-refractivity contribution in [2.45, 2.75) is 33.1 Å². The Bertz CT molecular complexity index is 201. The van der Waals surface area contributed by atoms with E-state index in [0.717, 1.165) is 11.8 Å². The highest BCUT2D eigenvalue weighted by Gasteiger charge is 2.23. The summed E-state index contributed by atoms with van der Waals surface area (Å²) in [7, 11) is 0. The molecule has 2 rings (SSSR count). The van der Waals surface area contributed by atoms with Crippen LogP contribution in [0.15, 0.2) is 11.6 Å². The third-order valence-corrected chi connectivity index (χ3v) is 3.31. The minimum atomic E-state index is 0.755. The fourth-order valence-electron chi connectivity index (χ4n) is 1.99. The van der Waals surface area contributed by atoms with Gasteiger partial charge < -0.3 is 0 Å². The Labute approximate surface area is 81.8 Å². The topological polar surface area (TPSA) is 3.24 Å². The Balaban J connectivity index is 1.68. The quantitative estimate of drug-likeness (QED) is 0.600. The van der Waals surface area contributed by atoms with Gasteiger partial charge in [-0.15, -0.1) is 0 Å². The van der Waals surface area contributed by atoms with Crippen molar-refractivity contribution >= 4 is 0 Å². The maximum absolute atomic E-state index is 2.59. The molecule has 0 aromatic heterocycles. The molecule has 0 N–H and O–H groups in total. The van der Waals surface area contributed by atoms with Gasteiger partial charge in [0, 0.05) is 13.1 Å². The van der Waals surface area contributed by atoms with Crippen molar-refractivity contribution in [1.82, 2.24) is 4.90 Å². The Kier molecular flexibility index (Phi) is 2.73. The second-order valence-electron chi connectivity index (χ2n) is 4.90. The van der Waals surface area contributed by atoms with Crippen LogP contribution in [-0.4, -0.2) is 24.5 Å². The van der Waals surface area contributed by atoms with Gasteiger partial charge in [-0.25, -0.2) is 0 Å². The van der Waals surface area contributed by atoms with E-state index in [1.165, 1.54) is 38.9 Å². The van der Waals surface area contributed by atoms with E-state index in [0.29, 0.717) is 0 Å². The molecule has 0 radical (unpaired) electrons. The lowest BCUT2D eigenvalue weighted by Crippen LogP contribution is -2.23. The van der Waals surface area contributed by atoms with E-state index < -0.39 is 0 Å². The zero-order valence-electron chi connectivity index (χ0n) is 8.92. The SMILES string of the molecule is CC(C)C1=CCN(CCC2CC2)C1. The number of hydrogen-bond acceptors (Lipinski definition) is 1. The van der Waals surface area contributed by atoms with Crippen molar-refractivity contribution in [3.8, 4) is 0 Å². The predicted octanol–water partition coefficient (Wildman–Crippen LogP) is 2.68. The maximum Gasteiger partial charge on any atom is 0.0199 e. The Morgan fingerprint density at radius 2 is 2.23 bits per heavy atom. The first-order valence-electron chi connectivity index (χ1n) is 5.67. The van der Waals surface area contributed by atoms with E-state index in [-0.39, 0.29) is 0 Å². The minimum absolute atomic E-state index is 0.755. The monoisotopic (exact) mass is 179 g/mol. The lowest BCUT2D eigenvalue weighted by molar-refractivity contribution is 0.330. The van der Waals surface area contributed by atoms with Gasteiger partial charge in [-0.3, -0.25) is 4.90 Å². The van der Waals surface area contributed by atoms with Crippen molar-refractivity contribution in [3.05, 3.63) is 11.6 Å². The van der Waals surface area contributed by atoms with E-state index in [9.17, 15) is 0 Å². The van der Waals surface area contributed by atoms with Gasteiger partial charge in [0.05, 0.1) is 0 Å². The van der Waals surface area contributed by atoms with Gasteiger partial charge in [-0.2, -0.15) is 0 Å². The summed E-state index contributed by atoms with van der Waals surface area (Å²) in [5.41, 5.74) is 1.65. The van der Waals surface area contributed by atoms with Crippen molar-refractivity contribution in [2.24, 2.45) is 11.8 Å². The molecule has 0 aromatic rings. The number of rotatable bonds is 4. The highest BCUT2D eigenvalue weighted by Crippen LogP contribution is 2.32. The summed E-state index contributed by atoms with van der Waals surface area (Å²) in [6.07, 6.45) is 6.87. The van der Waals surface area contributed by atoms with Crippen LogP contribution in [0.1, 0.15) is 33.1 Å². The first kappa shape index (κ1) is 9.26. The minimum Gasteiger partial charge on any atom is -0.296 e. The molecule has 0 amide bonds. The largest absolute Gasteiger partial charge is 0.296 e. The third-order valence-electron chi connectivity index (χ3n) is 3.31. The van der Waals surface area contributed by atoms with Gasteiger partial charge in [0.15, 0.2) is 0 Å². The number of hydrogen-bond donors (Lipinski definition) is 0. The molecule has 1 heterocycles. The van der Waals surface area contributed by atoms with Crippen molar-refractivity contribution in [1.29, 1.82) is 0 Å². The van der Waals surface area contributed by atoms with E-state index in [1.54, 1.807) is 5.57 Å². The average Bonchev–Trinajstić information content (AvgIpc) is 2.79. The molecule has 1 fully saturated rings. The second kappa shape index (κ2) is 3.83. The summed E-state index contributed by atoms with van der Waals surface area (Å²) in [4.78, 5) is 2.59. The molecule has 1 aliphatic carbocycles. The van der Waals surface area contributed by atoms with E-state index in [2.05, 4.69) is 24.8 Å². The first-order chi connectivity index (χ1) is 6.25. The van der Waals surface area contributed by atoms with Gasteiger partial charge in [-0.05, 0) is 24.8 Å². The van der Waals surface area contributed by atoms with Crippen molar-refractivity contribution < 1.29 is 0 Å². The average molecular weight is 179 g/mol. The summed E-state index contributed by atoms with van der Waals surface area (Å²) in [6, 6.07) is 0. The normalized spacial score (nSPS) is 24.1. The third kappa shape index (κ3) is 2.57. The fraction of sp³-hybridized carbons (Fsp3) is 0.833. The molecule has 13 heavy (non-hydrogen) atoms. The molecule has 1 heteroatoms.